The van der Waals surface area contributed by atoms with Crippen molar-refractivity contribution in [3.05, 3.63) is 34.6 Å². The Balaban J connectivity index is 1.30. The zero-order valence-corrected chi connectivity index (χ0v) is 16.9. The van der Waals surface area contributed by atoms with Crippen molar-refractivity contribution in [2.45, 2.75) is 44.7 Å². The average molecular weight is 409 g/mol. The van der Waals surface area contributed by atoms with Gasteiger partial charge in [0, 0.05) is 19.0 Å². The minimum absolute atomic E-state index is 0.108. The Bertz CT molecular complexity index is 725. The highest BCUT2D eigenvalue weighted by Crippen LogP contribution is 2.30. The fraction of sp³-hybridized carbons (Fsp3) is 0.619. The second kappa shape index (κ2) is 8.37. The molecule has 1 N–H and O–H groups in total. The molecule has 0 aromatic heterocycles. The maximum absolute atomic E-state index is 14.0. The number of nitrogens with zero attached hydrogens (tertiary/aromatic N) is 2. The van der Waals surface area contributed by atoms with Crippen LogP contribution in [-0.2, 0) is 16.1 Å². The number of carbonyl (C=O) groups is 2. The van der Waals surface area contributed by atoms with E-state index in [4.69, 9.17) is 11.6 Å². The minimum atomic E-state index is -0.269. The second-order valence-corrected chi connectivity index (χ2v) is 8.74. The van der Waals surface area contributed by atoms with Gasteiger partial charge >= 0.3 is 0 Å². The van der Waals surface area contributed by atoms with Gasteiger partial charge < -0.3 is 14.7 Å². The van der Waals surface area contributed by atoms with Crippen LogP contribution in [0.3, 0.4) is 0 Å². The van der Waals surface area contributed by atoms with Crippen LogP contribution in [0.1, 0.15) is 37.7 Å². The summed E-state index contributed by atoms with van der Waals surface area (Å²) in [5.41, 5.74) is 0.549. The zero-order chi connectivity index (χ0) is 19.7. The molecule has 0 radical (unpaired) electrons. The molecule has 1 aromatic rings. The fourth-order valence-corrected chi connectivity index (χ4v) is 5.13. The number of piperazine rings is 1. The van der Waals surface area contributed by atoms with E-state index >= 15 is 0 Å². The number of hydrogen-bond donors (Lipinski definition) is 1. The average Bonchev–Trinajstić information content (AvgIpc) is 3.34. The quantitative estimate of drug-likeness (QED) is 0.820. The van der Waals surface area contributed by atoms with Gasteiger partial charge in [0.1, 0.15) is 12.4 Å². The molecule has 152 valence electrons. The first-order valence-corrected chi connectivity index (χ1v) is 10.8. The lowest BCUT2D eigenvalue weighted by molar-refractivity contribution is -0.917. The van der Waals surface area contributed by atoms with E-state index in [2.05, 4.69) is 0 Å². The standard InChI is InChI=1S/C21H27ClFN3O2/c22-18-6-3-7-19(23)17(18)14-24-8-10-25(11-9-24)21(28)15-12-20(27)26(13-15)16-4-1-2-5-16/h3,6-7,15-16H,1-2,4-5,8-14H2/p+1/t15-/m1/s1. The van der Waals surface area contributed by atoms with Crippen LogP contribution in [-0.4, -0.2) is 60.4 Å². The summed E-state index contributed by atoms with van der Waals surface area (Å²) < 4.78 is 14.0. The molecule has 28 heavy (non-hydrogen) atoms. The summed E-state index contributed by atoms with van der Waals surface area (Å²) in [5.74, 6) is -0.217. The fourth-order valence-electron chi connectivity index (χ4n) is 4.90. The molecule has 2 saturated heterocycles. The van der Waals surface area contributed by atoms with E-state index in [1.54, 1.807) is 12.1 Å². The second-order valence-electron chi connectivity index (χ2n) is 8.34. The number of likely N-dealkylation sites (tertiary alicyclic amines) is 1. The van der Waals surface area contributed by atoms with Gasteiger partial charge in [-0.15, -0.1) is 0 Å². The Hall–Kier alpha value is -1.66. The Labute approximate surface area is 170 Å². The molecule has 0 bridgehead atoms. The molecule has 3 aliphatic rings. The van der Waals surface area contributed by atoms with Crippen molar-refractivity contribution in [1.29, 1.82) is 0 Å². The van der Waals surface area contributed by atoms with Crippen LogP contribution in [0.2, 0.25) is 5.02 Å². The molecule has 0 spiro atoms. The van der Waals surface area contributed by atoms with Gasteiger partial charge in [-0.2, -0.15) is 0 Å². The Kier molecular flexibility index (Phi) is 5.88. The van der Waals surface area contributed by atoms with Gasteiger partial charge in [-0.1, -0.05) is 30.5 Å². The molecule has 0 unspecified atom stereocenters. The lowest BCUT2D eigenvalue weighted by atomic mass is 10.1. The third-order valence-corrected chi connectivity index (χ3v) is 6.90. The van der Waals surface area contributed by atoms with E-state index in [1.165, 1.54) is 23.8 Å². The Morgan fingerprint density at radius 1 is 1.21 bits per heavy atom. The summed E-state index contributed by atoms with van der Waals surface area (Å²) >= 11 is 6.14. The maximum Gasteiger partial charge on any atom is 0.228 e. The maximum atomic E-state index is 14.0. The first-order chi connectivity index (χ1) is 13.5. The number of quaternary nitrogens is 1. The Morgan fingerprint density at radius 2 is 1.93 bits per heavy atom. The lowest BCUT2D eigenvalue weighted by Crippen LogP contribution is -3.13. The van der Waals surface area contributed by atoms with Gasteiger partial charge in [-0.25, -0.2) is 4.39 Å². The molecule has 1 aromatic carbocycles. The normalized spacial score (nSPS) is 24.4. The number of carbonyl (C=O) groups excluding carboxylic acids is 2. The van der Waals surface area contributed by atoms with Crippen molar-refractivity contribution in [2.75, 3.05) is 32.7 Å². The third kappa shape index (κ3) is 4.03. The van der Waals surface area contributed by atoms with Crippen molar-refractivity contribution < 1.29 is 18.9 Å². The summed E-state index contributed by atoms with van der Waals surface area (Å²) in [5, 5.41) is 0.461. The van der Waals surface area contributed by atoms with Gasteiger partial charge in [-0.3, -0.25) is 9.59 Å². The summed E-state index contributed by atoms with van der Waals surface area (Å²) in [7, 11) is 0. The van der Waals surface area contributed by atoms with Crippen LogP contribution in [0, 0.1) is 11.7 Å². The van der Waals surface area contributed by atoms with Crippen LogP contribution in [0.15, 0.2) is 18.2 Å². The molecule has 1 saturated carbocycles. The number of benzene rings is 1. The van der Waals surface area contributed by atoms with Crippen molar-refractivity contribution in [3.8, 4) is 0 Å². The van der Waals surface area contributed by atoms with E-state index in [0.717, 1.165) is 25.9 Å². The molecule has 2 amide bonds. The SMILES string of the molecule is O=C([C@@H]1CC(=O)N(C2CCCC2)C1)N1CC[NH+](Cc2c(F)cccc2Cl)CC1. The molecule has 1 aliphatic carbocycles. The molecule has 2 aliphatic heterocycles. The summed E-state index contributed by atoms with van der Waals surface area (Å²) in [4.78, 5) is 30.4. The number of nitrogens with one attached hydrogen (secondary N) is 1. The number of halogens is 2. The largest absolute Gasteiger partial charge is 0.339 e. The highest BCUT2D eigenvalue weighted by atomic mass is 35.5. The number of rotatable bonds is 4. The van der Waals surface area contributed by atoms with Crippen LogP contribution in [0.4, 0.5) is 4.39 Å². The van der Waals surface area contributed by atoms with Crippen LogP contribution in [0.25, 0.3) is 0 Å². The first-order valence-electron chi connectivity index (χ1n) is 10.4. The van der Waals surface area contributed by atoms with Gasteiger partial charge in [0.2, 0.25) is 11.8 Å². The highest BCUT2D eigenvalue weighted by Gasteiger charge is 2.40. The van der Waals surface area contributed by atoms with Crippen molar-refractivity contribution in [3.63, 3.8) is 0 Å². The summed E-state index contributed by atoms with van der Waals surface area (Å²) in [6.45, 7) is 3.95. The van der Waals surface area contributed by atoms with Crippen molar-refractivity contribution >= 4 is 23.4 Å². The van der Waals surface area contributed by atoms with E-state index in [9.17, 15) is 14.0 Å². The van der Waals surface area contributed by atoms with E-state index in [1.807, 2.05) is 9.80 Å². The summed E-state index contributed by atoms with van der Waals surface area (Å²) in [6, 6.07) is 5.11. The molecule has 7 heteroatoms. The smallest absolute Gasteiger partial charge is 0.228 e. The molecule has 4 rings (SSSR count). The summed E-state index contributed by atoms with van der Waals surface area (Å²) in [6.07, 6.45) is 4.88. The molecular formula is C21H28ClFN3O2+. The van der Waals surface area contributed by atoms with E-state index in [-0.39, 0.29) is 23.5 Å². The third-order valence-electron chi connectivity index (χ3n) is 6.54. The van der Waals surface area contributed by atoms with Crippen molar-refractivity contribution in [2.24, 2.45) is 5.92 Å². The molecule has 3 fully saturated rings. The lowest BCUT2D eigenvalue weighted by Gasteiger charge is -2.34. The minimum Gasteiger partial charge on any atom is -0.339 e. The predicted octanol–water partition coefficient (Wildman–Crippen LogP) is 1.50. The molecule has 5 nitrogen and oxygen atoms in total. The topological polar surface area (TPSA) is 45.1 Å². The van der Waals surface area contributed by atoms with Gasteiger partial charge in [-0.05, 0) is 25.0 Å². The van der Waals surface area contributed by atoms with Crippen LogP contribution >= 0.6 is 11.6 Å². The van der Waals surface area contributed by atoms with Crippen LogP contribution < -0.4 is 4.90 Å². The van der Waals surface area contributed by atoms with Crippen molar-refractivity contribution in [1.82, 2.24) is 9.80 Å². The van der Waals surface area contributed by atoms with Gasteiger partial charge in [0.25, 0.3) is 0 Å². The zero-order valence-electron chi connectivity index (χ0n) is 16.1. The molecular weight excluding hydrogens is 381 g/mol. The highest BCUT2D eigenvalue weighted by molar-refractivity contribution is 6.31. The predicted molar refractivity (Wildman–Crippen MR) is 104 cm³/mol. The van der Waals surface area contributed by atoms with Crippen LogP contribution in [0.5, 0.6) is 0 Å². The molecule has 1 atom stereocenters. The molecule has 2 heterocycles. The van der Waals surface area contributed by atoms with Gasteiger partial charge in [0.05, 0.1) is 42.7 Å². The van der Waals surface area contributed by atoms with E-state index in [0.29, 0.717) is 49.2 Å². The Morgan fingerprint density at radius 3 is 2.61 bits per heavy atom. The number of hydrogen-bond acceptors (Lipinski definition) is 2. The first kappa shape index (κ1) is 19.6. The van der Waals surface area contributed by atoms with Gasteiger partial charge in [0.15, 0.2) is 0 Å². The monoisotopic (exact) mass is 408 g/mol. The number of amides is 2. The van der Waals surface area contributed by atoms with E-state index < -0.39 is 0 Å².